The van der Waals surface area contributed by atoms with Crippen LogP contribution in [0.15, 0.2) is 60.9 Å². The van der Waals surface area contributed by atoms with Gasteiger partial charge in [-0.25, -0.2) is 4.68 Å². The van der Waals surface area contributed by atoms with Gasteiger partial charge in [-0.05, 0) is 24.6 Å². The van der Waals surface area contributed by atoms with Gasteiger partial charge in [0.25, 0.3) is 5.69 Å². The number of aryl methyl sites for hydroxylation is 1. The molecule has 104 valence electrons. The smallest absolute Gasteiger partial charge is 0.258 e. The zero-order valence-corrected chi connectivity index (χ0v) is 11.4. The Kier molecular flexibility index (Phi) is 3.23. The molecule has 0 atom stereocenters. The van der Waals surface area contributed by atoms with Crippen LogP contribution in [-0.2, 0) is 0 Å². The summed E-state index contributed by atoms with van der Waals surface area (Å²) in [6, 6.07) is 14.5. The Morgan fingerprint density at radius 3 is 2.52 bits per heavy atom. The van der Waals surface area contributed by atoms with E-state index in [2.05, 4.69) is 11.2 Å². The summed E-state index contributed by atoms with van der Waals surface area (Å²) >= 11 is 0. The molecule has 0 saturated heterocycles. The molecule has 2 aromatic carbocycles. The summed E-state index contributed by atoms with van der Waals surface area (Å²) in [6.07, 6.45) is 3.70. The van der Waals surface area contributed by atoms with E-state index in [1.807, 2.05) is 31.3 Å². The number of aromatic nitrogens is 2. The van der Waals surface area contributed by atoms with Crippen LogP contribution < -0.4 is 0 Å². The number of hydrogen-bond acceptors (Lipinski definition) is 3. The highest BCUT2D eigenvalue weighted by molar-refractivity contribution is 5.63. The van der Waals surface area contributed by atoms with E-state index in [0.29, 0.717) is 0 Å². The summed E-state index contributed by atoms with van der Waals surface area (Å²) in [7, 11) is 0. The molecule has 1 aromatic heterocycles. The number of nitro benzene ring substituents is 1. The molecule has 0 fully saturated rings. The first-order valence-corrected chi connectivity index (χ1v) is 6.50. The lowest BCUT2D eigenvalue weighted by atomic mass is 10.1. The second-order valence-corrected chi connectivity index (χ2v) is 4.82. The second-order valence-electron chi connectivity index (χ2n) is 4.82. The summed E-state index contributed by atoms with van der Waals surface area (Å²) in [6.45, 7) is 2.05. The van der Waals surface area contributed by atoms with E-state index < -0.39 is 4.92 Å². The average Bonchev–Trinajstić information content (AvgIpc) is 2.97. The van der Waals surface area contributed by atoms with Gasteiger partial charge in [0.15, 0.2) is 0 Å². The predicted molar refractivity (Wildman–Crippen MR) is 80.4 cm³/mol. The number of benzene rings is 2. The minimum absolute atomic E-state index is 0.0739. The van der Waals surface area contributed by atoms with Crippen LogP contribution in [0.1, 0.15) is 5.56 Å². The van der Waals surface area contributed by atoms with E-state index in [9.17, 15) is 10.1 Å². The molecule has 21 heavy (non-hydrogen) atoms. The summed E-state index contributed by atoms with van der Waals surface area (Å²) in [5, 5.41) is 15.0. The van der Waals surface area contributed by atoms with Crippen LogP contribution in [0.5, 0.6) is 0 Å². The molecule has 0 aliphatic rings. The van der Waals surface area contributed by atoms with Crippen LogP contribution >= 0.6 is 0 Å². The van der Waals surface area contributed by atoms with Gasteiger partial charge in [0.1, 0.15) is 0 Å². The topological polar surface area (TPSA) is 61.0 Å². The Labute approximate surface area is 121 Å². The van der Waals surface area contributed by atoms with Crippen LogP contribution in [0.25, 0.3) is 16.8 Å². The molecule has 0 aliphatic carbocycles. The van der Waals surface area contributed by atoms with Crippen molar-refractivity contribution < 1.29 is 4.92 Å². The van der Waals surface area contributed by atoms with Crippen LogP contribution in [-0.4, -0.2) is 14.7 Å². The van der Waals surface area contributed by atoms with Crippen molar-refractivity contribution in [2.75, 3.05) is 0 Å². The minimum Gasteiger partial charge on any atom is -0.258 e. The lowest BCUT2D eigenvalue weighted by molar-refractivity contribution is -0.384. The Balaban J connectivity index is 1.93. The normalized spacial score (nSPS) is 10.5. The van der Waals surface area contributed by atoms with Gasteiger partial charge in [-0.2, -0.15) is 5.10 Å². The number of nitro groups is 1. The third-order valence-corrected chi connectivity index (χ3v) is 3.26. The first-order valence-electron chi connectivity index (χ1n) is 6.50. The van der Waals surface area contributed by atoms with E-state index >= 15 is 0 Å². The van der Waals surface area contributed by atoms with E-state index in [0.717, 1.165) is 16.8 Å². The van der Waals surface area contributed by atoms with Crippen LogP contribution in [0.2, 0.25) is 0 Å². The monoisotopic (exact) mass is 279 g/mol. The Hall–Kier alpha value is -2.95. The van der Waals surface area contributed by atoms with Crippen molar-refractivity contribution in [2.45, 2.75) is 6.92 Å². The van der Waals surface area contributed by atoms with E-state index in [4.69, 9.17) is 0 Å². The van der Waals surface area contributed by atoms with Crippen LogP contribution in [0.3, 0.4) is 0 Å². The third-order valence-electron chi connectivity index (χ3n) is 3.26. The molecule has 1 heterocycles. The molecule has 0 aliphatic heterocycles. The standard InChI is InChI=1S/C16H13N3O2/c1-12-3-2-4-13(9-12)14-10-17-18(11-14)15-5-7-16(8-6-15)19(20)21/h2-11H,1H3. The van der Waals surface area contributed by atoms with Gasteiger partial charge in [0, 0.05) is 23.9 Å². The lowest BCUT2D eigenvalue weighted by Crippen LogP contribution is -1.94. The van der Waals surface area contributed by atoms with Gasteiger partial charge >= 0.3 is 0 Å². The van der Waals surface area contributed by atoms with Gasteiger partial charge in [0.05, 0.1) is 16.8 Å². The Morgan fingerprint density at radius 1 is 1.10 bits per heavy atom. The Bertz CT molecular complexity index is 791. The minimum atomic E-state index is -0.412. The fourth-order valence-corrected chi connectivity index (χ4v) is 2.16. The molecule has 0 N–H and O–H groups in total. The highest BCUT2D eigenvalue weighted by Crippen LogP contribution is 2.22. The fourth-order valence-electron chi connectivity index (χ4n) is 2.16. The lowest BCUT2D eigenvalue weighted by Gasteiger charge is -2.01. The maximum absolute atomic E-state index is 10.7. The van der Waals surface area contributed by atoms with E-state index in [1.165, 1.54) is 17.7 Å². The van der Waals surface area contributed by atoms with Crippen molar-refractivity contribution in [3.05, 3.63) is 76.6 Å². The van der Waals surface area contributed by atoms with Gasteiger partial charge < -0.3 is 0 Å². The van der Waals surface area contributed by atoms with Crippen LogP contribution in [0, 0.1) is 17.0 Å². The van der Waals surface area contributed by atoms with Gasteiger partial charge in [0.2, 0.25) is 0 Å². The third kappa shape index (κ3) is 2.67. The molecule has 0 unspecified atom stereocenters. The maximum Gasteiger partial charge on any atom is 0.269 e. The van der Waals surface area contributed by atoms with E-state index in [-0.39, 0.29) is 5.69 Å². The molecule has 0 spiro atoms. The highest BCUT2D eigenvalue weighted by Gasteiger charge is 2.07. The largest absolute Gasteiger partial charge is 0.269 e. The molecule has 3 aromatic rings. The molecular formula is C16H13N3O2. The molecule has 0 saturated carbocycles. The summed E-state index contributed by atoms with van der Waals surface area (Å²) in [5.74, 6) is 0. The molecule has 0 bridgehead atoms. The van der Waals surface area contributed by atoms with Gasteiger partial charge in [-0.3, -0.25) is 10.1 Å². The quantitative estimate of drug-likeness (QED) is 0.541. The molecule has 3 rings (SSSR count). The molecule has 5 heteroatoms. The Morgan fingerprint density at radius 2 is 1.86 bits per heavy atom. The van der Waals surface area contributed by atoms with Crippen molar-refractivity contribution in [1.29, 1.82) is 0 Å². The first-order chi connectivity index (χ1) is 10.1. The summed E-state index contributed by atoms with van der Waals surface area (Å²) < 4.78 is 1.71. The number of hydrogen-bond donors (Lipinski definition) is 0. The van der Waals surface area contributed by atoms with Crippen LogP contribution in [0.4, 0.5) is 5.69 Å². The van der Waals surface area contributed by atoms with Crippen molar-refractivity contribution >= 4 is 5.69 Å². The van der Waals surface area contributed by atoms with E-state index in [1.54, 1.807) is 23.0 Å². The summed E-state index contributed by atoms with van der Waals surface area (Å²) in [5.41, 5.74) is 4.17. The second kappa shape index (κ2) is 5.20. The fraction of sp³-hybridized carbons (Fsp3) is 0.0625. The number of nitrogens with zero attached hydrogens (tertiary/aromatic N) is 3. The van der Waals surface area contributed by atoms with Crippen molar-refractivity contribution in [1.82, 2.24) is 9.78 Å². The number of non-ortho nitro benzene ring substituents is 1. The maximum atomic E-state index is 10.7. The zero-order chi connectivity index (χ0) is 14.8. The van der Waals surface area contributed by atoms with Crippen molar-refractivity contribution in [2.24, 2.45) is 0 Å². The molecule has 0 radical (unpaired) electrons. The van der Waals surface area contributed by atoms with Gasteiger partial charge in [-0.1, -0.05) is 29.8 Å². The average molecular weight is 279 g/mol. The zero-order valence-electron chi connectivity index (χ0n) is 11.4. The van der Waals surface area contributed by atoms with Crippen molar-refractivity contribution in [3.8, 4) is 16.8 Å². The molecule has 0 amide bonds. The van der Waals surface area contributed by atoms with Crippen molar-refractivity contribution in [3.63, 3.8) is 0 Å². The van der Waals surface area contributed by atoms with Gasteiger partial charge in [-0.15, -0.1) is 0 Å². The highest BCUT2D eigenvalue weighted by atomic mass is 16.6. The number of rotatable bonds is 3. The SMILES string of the molecule is Cc1cccc(-c2cnn(-c3ccc([N+](=O)[O-])cc3)c2)c1. The molecular weight excluding hydrogens is 266 g/mol. The first kappa shape index (κ1) is 13.1. The summed E-state index contributed by atoms with van der Waals surface area (Å²) in [4.78, 5) is 10.2. The molecule has 5 nitrogen and oxygen atoms in total. The predicted octanol–water partition coefficient (Wildman–Crippen LogP) is 3.76.